The number of benzene rings is 2. The van der Waals surface area contributed by atoms with Crippen LogP contribution in [0, 0.1) is 0 Å². The molecule has 0 spiro atoms. The second kappa shape index (κ2) is 7.69. The van der Waals surface area contributed by atoms with E-state index in [1.54, 1.807) is 23.5 Å². The van der Waals surface area contributed by atoms with E-state index in [0.29, 0.717) is 24.0 Å². The zero-order valence-electron chi connectivity index (χ0n) is 16.5. The van der Waals surface area contributed by atoms with Crippen LogP contribution >= 0.6 is 11.3 Å². The Labute approximate surface area is 178 Å². The lowest BCUT2D eigenvalue weighted by Gasteiger charge is -2.28. The average molecular weight is 419 g/mol. The Morgan fingerprint density at radius 1 is 1.00 bits per heavy atom. The van der Waals surface area contributed by atoms with Crippen molar-refractivity contribution in [3.63, 3.8) is 0 Å². The zero-order chi connectivity index (χ0) is 20.7. The second-order valence-electron chi connectivity index (χ2n) is 7.84. The number of carbonyl (C=O) groups is 3. The zero-order valence-corrected chi connectivity index (χ0v) is 17.4. The highest BCUT2D eigenvalue weighted by atomic mass is 32.1. The molecule has 0 aliphatic carbocycles. The Bertz CT molecular complexity index is 1090. The summed E-state index contributed by atoms with van der Waals surface area (Å²) in [5.74, 6) is -0.436. The fourth-order valence-corrected chi connectivity index (χ4v) is 5.53. The molecule has 1 saturated heterocycles. The average Bonchev–Trinajstić information content (AvgIpc) is 3.45. The van der Waals surface area contributed by atoms with Gasteiger partial charge in [-0.3, -0.25) is 19.3 Å². The summed E-state index contributed by atoms with van der Waals surface area (Å²) in [6.07, 6.45) is 2.82. The lowest BCUT2D eigenvalue weighted by atomic mass is 9.94. The van der Waals surface area contributed by atoms with Crippen molar-refractivity contribution in [3.8, 4) is 0 Å². The van der Waals surface area contributed by atoms with Crippen LogP contribution in [0.25, 0.3) is 10.8 Å². The maximum atomic E-state index is 13.0. The summed E-state index contributed by atoms with van der Waals surface area (Å²) in [6.45, 7) is 1.03. The first-order valence-electron chi connectivity index (χ1n) is 10.4. The number of amides is 3. The minimum absolute atomic E-state index is 0.102. The highest BCUT2D eigenvalue weighted by Crippen LogP contribution is 2.35. The van der Waals surface area contributed by atoms with Gasteiger partial charge in [-0.2, -0.15) is 0 Å². The third kappa shape index (κ3) is 3.12. The summed E-state index contributed by atoms with van der Waals surface area (Å²) < 4.78 is 0. The summed E-state index contributed by atoms with van der Waals surface area (Å²) in [4.78, 5) is 43.3. The van der Waals surface area contributed by atoms with Crippen LogP contribution in [-0.4, -0.2) is 40.6 Å². The van der Waals surface area contributed by atoms with Crippen LogP contribution in [0.15, 0.2) is 53.9 Å². The molecule has 152 valence electrons. The molecule has 0 radical (unpaired) electrons. The van der Waals surface area contributed by atoms with Crippen LogP contribution in [0.2, 0.25) is 0 Å². The molecule has 2 aromatic carbocycles. The predicted molar refractivity (Wildman–Crippen MR) is 117 cm³/mol. The topological polar surface area (TPSA) is 57.7 Å². The first kappa shape index (κ1) is 19.0. The molecule has 0 saturated carbocycles. The molecule has 1 atom stereocenters. The van der Waals surface area contributed by atoms with Crippen molar-refractivity contribution in [3.05, 3.63) is 69.9 Å². The van der Waals surface area contributed by atoms with Gasteiger partial charge in [-0.15, -0.1) is 11.3 Å². The molecule has 6 heteroatoms. The van der Waals surface area contributed by atoms with Crippen molar-refractivity contribution in [2.45, 2.75) is 31.7 Å². The van der Waals surface area contributed by atoms with E-state index >= 15 is 0 Å². The fraction of sp³-hybridized carbons (Fsp3) is 0.292. The van der Waals surface area contributed by atoms with Crippen molar-refractivity contribution in [1.29, 1.82) is 0 Å². The molecule has 3 heterocycles. The van der Waals surface area contributed by atoms with Gasteiger partial charge in [0.1, 0.15) is 0 Å². The van der Waals surface area contributed by atoms with Crippen molar-refractivity contribution < 1.29 is 14.4 Å². The Hall–Kier alpha value is -2.99. The fourth-order valence-electron chi connectivity index (χ4n) is 4.66. The van der Waals surface area contributed by atoms with Gasteiger partial charge in [0, 0.05) is 40.9 Å². The number of hydrogen-bond acceptors (Lipinski definition) is 4. The van der Waals surface area contributed by atoms with Gasteiger partial charge in [0.25, 0.3) is 11.8 Å². The normalized spacial score (nSPS) is 18.5. The van der Waals surface area contributed by atoms with E-state index in [9.17, 15) is 14.4 Å². The van der Waals surface area contributed by atoms with Crippen molar-refractivity contribution >= 4 is 39.8 Å². The van der Waals surface area contributed by atoms with Crippen LogP contribution in [0.4, 0.5) is 0 Å². The Balaban J connectivity index is 1.28. The number of imide groups is 1. The molecule has 0 bridgehead atoms. The molecule has 3 amide bonds. The minimum Gasteiger partial charge on any atom is -0.335 e. The van der Waals surface area contributed by atoms with Crippen LogP contribution in [-0.2, 0) is 4.79 Å². The molecule has 30 heavy (non-hydrogen) atoms. The first-order valence-corrected chi connectivity index (χ1v) is 11.2. The van der Waals surface area contributed by atoms with Crippen molar-refractivity contribution in [2.75, 3.05) is 13.1 Å². The van der Waals surface area contributed by atoms with Gasteiger partial charge in [0.05, 0.1) is 6.04 Å². The highest BCUT2D eigenvalue weighted by molar-refractivity contribution is 7.10. The van der Waals surface area contributed by atoms with Crippen molar-refractivity contribution in [2.24, 2.45) is 0 Å². The molecule has 5 nitrogen and oxygen atoms in total. The van der Waals surface area contributed by atoms with Crippen LogP contribution in [0.3, 0.4) is 0 Å². The Morgan fingerprint density at radius 3 is 2.40 bits per heavy atom. The number of hydrogen-bond donors (Lipinski definition) is 0. The van der Waals surface area contributed by atoms with E-state index in [0.717, 1.165) is 30.2 Å². The summed E-state index contributed by atoms with van der Waals surface area (Å²) in [5, 5.41) is 3.68. The lowest BCUT2D eigenvalue weighted by Crippen LogP contribution is -2.41. The standard InChI is InChI=1S/C24H22N2O3S/c27-21(25-13-3-10-19(25)20-11-5-15-30-20)12-4-14-26-23(28)17-8-1-6-16-7-2-9-18(22(16)17)24(26)29/h1-2,5-9,11,15,19H,3-4,10,12-14H2/t19-/m1/s1. The maximum absolute atomic E-state index is 13.0. The van der Waals surface area contributed by atoms with Gasteiger partial charge in [-0.25, -0.2) is 0 Å². The Morgan fingerprint density at radius 2 is 1.73 bits per heavy atom. The number of rotatable bonds is 5. The van der Waals surface area contributed by atoms with Crippen LogP contribution in [0.1, 0.15) is 57.3 Å². The van der Waals surface area contributed by atoms with Gasteiger partial charge >= 0.3 is 0 Å². The SMILES string of the molecule is O=C1c2cccc3cccc(c23)C(=O)N1CCCC(=O)N1CCC[C@@H]1c1cccs1. The van der Waals surface area contributed by atoms with Gasteiger partial charge in [-0.05, 0) is 48.2 Å². The highest BCUT2D eigenvalue weighted by Gasteiger charge is 2.33. The monoisotopic (exact) mass is 418 g/mol. The lowest BCUT2D eigenvalue weighted by molar-refractivity contribution is -0.132. The van der Waals surface area contributed by atoms with E-state index < -0.39 is 0 Å². The summed E-state index contributed by atoms with van der Waals surface area (Å²) in [6, 6.07) is 15.3. The molecule has 2 aliphatic rings. The number of carbonyl (C=O) groups excluding carboxylic acids is 3. The van der Waals surface area contributed by atoms with Gasteiger partial charge in [0.15, 0.2) is 0 Å². The van der Waals surface area contributed by atoms with E-state index in [4.69, 9.17) is 0 Å². The van der Waals surface area contributed by atoms with E-state index in [1.807, 2.05) is 40.6 Å². The summed E-state index contributed by atoms with van der Waals surface area (Å²) in [7, 11) is 0. The third-order valence-corrected chi connectivity index (χ3v) is 7.05. The predicted octanol–water partition coefficient (Wildman–Crippen LogP) is 4.64. The molecule has 1 fully saturated rings. The molecule has 5 rings (SSSR count). The number of thiophene rings is 1. The summed E-state index contributed by atoms with van der Waals surface area (Å²) in [5.41, 5.74) is 1.12. The smallest absolute Gasteiger partial charge is 0.261 e. The minimum atomic E-state index is -0.269. The maximum Gasteiger partial charge on any atom is 0.261 e. The van der Waals surface area contributed by atoms with E-state index in [2.05, 4.69) is 6.07 Å². The van der Waals surface area contributed by atoms with Crippen LogP contribution in [0.5, 0.6) is 0 Å². The first-order chi connectivity index (χ1) is 14.6. The van der Waals surface area contributed by atoms with Crippen LogP contribution < -0.4 is 0 Å². The third-order valence-electron chi connectivity index (χ3n) is 6.07. The largest absolute Gasteiger partial charge is 0.335 e. The van der Waals surface area contributed by atoms with E-state index in [-0.39, 0.29) is 30.3 Å². The summed E-state index contributed by atoms with van der Waals surface area (Å²) >= 11 is 1.69. The van der Waals surface area contributed by atoms with Gasteiger partial charge in [0.2, 0.25) is 5.91 Å². The quantitative estimate of drug-likeness (QED) is 0.567. The number of nitrogens with zero attached hydrogens (tertiary/aromatic N) is 2. The molecule has 3 aromatic rings. The molecule has 0 N–H and O–H groups in total. The van der Waals surface area contributed by atoms with Gasteiger partial charge in [-0.1, -0.05) is 30.3 Å². The second-order valence-corrected chi connectivity index (χ2v) is 8.81. The van der Waals surface area contributed by atoms with Gasteiger partial charge < -0.3 is 4.90 Å². The molecular weight excluding hydrogens is 396 g/mol. The number of likely N-dealkylation sites (tertiary alicyclic amines) is 1. The molecule has 2 aliphatic heterocycles. The van der Waals surface area contributed by atoms with E-state index in [1.165, 1.54) is 9.78 Å². The van der Waals surface area contributed by atoms with Crippen molar-refractivity contribution in [1.82, 2.24) is 9.80 Å². The molecular formula is C24H22N2O3S. The Kier molecular flexibility index (Phi) is 4.87. The molecule has 1 aromatic heterocycles. The molecule has 0 unspecified atom stereocenters.